The molecule has 1 aliphatic carbocycles. The Bertz CT molecular complexity index is 772. The highest BCUT2D eigenvalue weighted by Crippen LogP contribution is 2.36. The highest BCUT2D eigenvalue weighted by atomic mass is 16.6. The maximum atomic E-state index is 12.5. The van der Waals surface area contributed by atoms with Gasteiger partial charge in [-0.2, -0.15) is 0 Å². The number of hydrogen-bond acceptors (Lipinski definition) is 7. The molecule has 0 unspecified atom stereocenters. The number of aliphatic hydroxyl groups excluding tert-OH is 1. The fraction of sp³-hybridized carbons (Fsp3) is 0.500. The molecule has 7 heteroatoms. The van der Waals surface area contributed by atoms with Crippen LogP contribution in [0.5, 0.6) is 0 Å². The quantitative estimate of drug-likeness (QED) is 0.325. The number of carbonyl (C=O) groups excluding carboxylic acids is 3. The first-order valence-corrected chi connectivity index (χ1v) is 9.59. The van der Waals surface area contributed by atoms with Crippen molar-refractivity contribution in [1.82, 2.24) is 0 Å². The number of hydrogen-bond donors (Lipinski definition) is 1. The van der Waals surface area contributed by atoms with E-state index >= 15 is 0 Å². The smallest absolute Gasteiger partial charge is 0.334 e. The molecule has 0 spiro atoms. The minimum atomic E-state index is -0.738. The van der Waals surface area contributed by atoms with E-state index in [0.29, 0.717) is 0 Å². The second kappa shape index (κ2) is 10.2. The summed E-state index contributed by atoms with van der Waals surface area (Å²) in [6.07, 6.45) is 5.64. The molecule has 1 saturated heterocycles. The standard InChI is InChI=1S/C22H28O7/c1-13-6-5-7-17(12-27-16(4)24)11-19(28-21(25)14(2)8-9-23)20-15(3)22(26)29-18(20)10-13/h7-8,10,18-20,23H,3,5-6,9,11-12H2,1-2,4H3/b13-10-,14-8+,17-7+/t18-,19-,20+/m1/s1. The van der Waals surface area contributed by atoms with Crippen molar-refractivity contribution in [2.45, 2.75) is 52.2 Å². The molecule has 29 heavy (non-hydrogen) atoms. The van der Waals surface area contributed by atoms with Crippen LogP contribution in [0, 0.1) is 5.92 Å². The monoisotopic (exact) mass is 404 g/mol. The van der Waals surface area contributed by atoms with Crippen molar-refractivity contribution >= 4 is 17.9 Å². The van der Waals surface area contributed by atoms with E-state index in [0.717, 1.165) is 24.0 Å². The van der Waals surface area contributed by atoms with Crippen LogP contribution < -0.4 is 0 Å². The summed E-state index contributed by atoms with van der Waals surface area (Å²) in [6, 6.07) is 0. The van der Waals surface area contributed by atoms with Gasteiger partial charge in [0.2, 0.25) is 0 Å². The molecule has 0 aromatic heterocycles. The Morgan fingerprint density at radius 1 is 1.38 bits per heavy atom. The SMILES string of the molecule is C=C1C(=O)O[C@@H]2/C=C(/C)CC/C=C(/COC(C)=O)C[C@@H](OC(=O)/C(C)=C/CO)[C@@H]12. The molecule has 2 aliphatic rings. The molecule has 0 saturated carbocycles. The lowest BCUT2D eigenvalue weighted by molar-refractivity contribution is -0.148. The lowest BCUT2D eigenvalue weighted by Crippen LogP contribution is -2.34. The summed E-state index contributed by atoms with van der Waals surface area (Å²) in [6.45, 7) is 8.47. The van der Waals surface area contributed by atoms with Crippen LogP contribution in [0.3, 0.4) is 0 Å². The van der Waals surface area contributed by atoms with Gasteiger partial charge in [0, 0.05) is 24.5 Å². The number of ether oxygens (including phenoxy) is 3. The Hall–Kier alpha value is -2.67. The molecule has 0 amide bonds. The first-order valence-electron chi connectivity index (χ1n) is 9.59. The largest absolute Gasteiger partial charge is 0.461 e. The van der Waals surface area contributed by atoms with Crippen LogP contribution in [-0.2, 0) is 28.6 Å². The zero-order valence-electron chi connectivity index (χ0n) is 17.1. The number of rotatable bonds is 5. The number of esters is 3. The summed E-state index contributed by atoms with van der Waals surface area (Å²) in [4.78, 5) is 35.9. The second-order valence-electron chi connectivity index (χ2n) is 7.33. The molecule has 1 N–H and O–H groups in total. The maximum absolute atomic E-state index is 12.5. The predicted molar refractivity (Wildman–Crippen MR) is 106 cm³/mol. The summed E-state index contributed by atoms with van der Waals surface area (Å²) < 4.78 is 16.3. The third kappa shape index (κ3) is 6.15. The van der Waals surface area contributed by atoms with Gasteiger partial charge in [0.1, 0.15) is 18.8 Å². The highest BCUT2D eigenvalue weighted by molar-refractivity contribution is 5.92. The van der Waals surface area contributed by atoms with Gasteiger partial charge in [0.25, 0.3) is 0 Å². The Morgan fingerprint density at radius 2 is 2.10 bits per heavy atom. The van der Waals surface area contributed by atoms with Gasteiger partial charge >= 0.3 is 17.9 Å². The molecule has 0 aromatic rings. The third-order valence-electron chi connectivity index (χ3n) is 4.98. The molecule has 1 aliphatic heterocycles. The van der Waals surface area contributed by atoms with E-state index in [9.17, 15) is 14.4 Å². The molecule has 3 atom stereocenters. The van der Waals surface area contributed by atoms with Gasteiger partial charge in [0.05, 0.1) is 12.5 Å². The van der Waals surface area contributed by atoms with Gasteiger partial charge in [-0.25, -0.2) is 9.59 Å². The topological polar surface area (TPSA) is 99.1 Å². The minimum absolute atomic E-state index is 0.0796. The summed E-state index contributed by atoms with van der Waals surface area (Å²) in [5, 5.41) is 9.03. The van der Waals surface area contributed by atoms with Gasteiger partial charge in [-0.05, 0) is 44.4 Å². The summed E-state index contributed by atoms with van der Waals surface area (Å²) in [7, 11) is 0. The van der Waals surface area contributed by atoms with Gasteiger partial charge in [-0.1, -0.05) is 18.2 Å². The molecule has 7 nitrogen and oxygen atoms in total. The Labute approximate surface area is 170 Å². The fourth-order valence-electron chi connectivity index (χ4n) is 3.39. The van der Waals surface area contributed by atoms with Crippen LogP contribution in [0.4, 0.5) is 0 Å². The van der Waals surface area contributed by atoms with Crippen molar-refractivity contribution in [3.05, 3.63) is 47.1 Å². The van der Waals surface area contributed by atoms with Crippen LogP contribution >= 0.6 is 0 Å². The minimum Gasteiger partial charge on any atom is -0.461 e. The van der Waals surface area contributed by atoms with Crippen molar-refractivity contribution < 1.29 is 33.7 Å². The summed E-state index contributed by atoms with van der Waals surface area (Å²) in [5.74, 6) is -2.07. The van der Waals surface area contributed by atoms with Crippen LogP contribution in [-0.4, -0.2) is 48.4 Å². The van der Waals surface area contributed by atoms with Crippen LogP contribution in [0.2, 0.25) is 0 Å². The maximum Gasteiger partial charge on any atom is 0.334 e. The Kier molecular flexibility index (Phi) is 7.96. The van der Waals surface area contributed by atoms with E-state index in [1.807, 2.05) is 19.1 Å². The molecule has 1 fully saturated rings. The lowest BCUT2D eigenvalue weighted by Gasteiger charge is -2.28. The van der Waals surface area contributed by atoms with Gasteiger partial charge in [-0.3, -0.25) is 4.79 Å². The van der Waals surface area contributed by atoms with Crippen LogP contribution in [0.15, 0.2) is 47.1 Å². The molecule has 0 radical (unpaired) electrons. The normalized spacial score (nSPS) is 29.0. The Balaban J connectivity index is 2.39. The zero-order chi connectivity index (χ0) is 21.6. The highest BCUT2D eigenvalue weighted by Gasteiger charge is 2.44. The van der Waals surface area contributed by atoms with Gasteiger partial charge in [-0.15, -0.1) is 0 Å². The molecular formula is C22H28O7. The first-order chi connectivity index (χ1) is 13.7. The predicted octanol–water partition coefficient (Wildman–Crippen LogP) is 2.55. The molecular weight excluding hydrogens is 376 g/mol. The number of allylic oxidation sites excluding steroid dienone is 2. The van der Waals surface area contributed by atoms with E-state index in [-0.39, 0.29) is 30.8 Å². The van der Waals surface area contributed by atoms with Crippen LogP contribution in [0.25, 0.3) is 0 Å². The van der Waals surface area contributed by atoms with Crippen molar-refractivity contribution in [2.75, 3.05) is 13.2 Å². The molecule has 2 rings (SSSR count). The Morgan fingerprint density at radius 3 is 2.76 bits per heavy atom. The molecule has 0 bridgehead atoms. The van der Waals surface area contributed by atoms with E-state index in [4.69, 9.17) is 19.3 Å². The van der Waals surface area contributed by atoms with Crippen molar-refractivity contribution in [3.8, 4) is 0 Å². The van der Waals surface area contributed by atoms with Gasteiger partial charge < -0.3 is 19.3 Å². The average Bonchev–Trinajstić information content (AvgIpc) is 2.92. The van der Waals surface area contributed by atoms with Crippen LogP contribution in [0.1, 0.15) is 40.0 Å². The second-order valence-corrected chi connectivity index (χ2v) is 7.33. The van der Waals surface area contributed by atoms with E-state index in [1.165, 1.54) is 13.0 Å². The lowest BCUT2D eigenvalue weighted by atomic mass is 9.85. The molecule has 0 aromatic carbocycles. The van der Waals surface area contributed by atoms with E-state index in [2.05, 4.69) is 6.58 Å². The first kappa shape index (κ1) is 22.6. The van der Waals surface area contributed by atoms with E-state index < -0.39 is 36.0 Å². The molecule has 1 heterocycles. The van der Waals surface area contributed by atoms with Gasteiger partial charge in [0.15, 0.2) is 0 Å². The van der Waals surface area contributed by atoms with Crippen molar-refractivity contribution in [2.24, 2.45) is 5.92 Å². The number of fused-ring (bicyclic) bond motifs is 1. The van der Waals surface area contributed by atoms with Crippen molar-refractivity contribution in [1.29, 1.82) is 0 Å². The summed E-state index contributed by atoms with van der Waals surface area (Å²) in [5.41, 5.74) is 2.33. The zero-order valence-corrected chi connectivity index (χ0v) is 17.1. The van der Waals surface area contributed by atoms with E-state index in [1.54, 1.807) is 6.92 Å². The average molecular weight is 404 g/mol. The molecule has 158 valence electrons. The fourth-order valence-corrected chi connectivity index (χ4v) is 3.39. The summed E-state index contributed by atoms with van der Waals surface area (Å²) >= 11 is 0. The number of aliphatic hydroxyl groups is 1. The number of carbonyl (C=O) groups is 3. The van der Waals surface area contributed by atoms with Crippen molar-refractivity contribution in [3.63, 3.8) is 0 Å². The third-order valence-corrected chi connectivity index (χ3v) is 4.98.